The number of hydrogen-bond acceptors (Lipinski definition) is 3. The third kappa shape index (κ3) is 0.754. The second-order valence-electron chi connectivity index (χ2n) is 3.30. The first-order chi connectivity index (χ1) is 5.61. The fraction of sp³-hybridized carbons (Fsp3) is 0.500. The van der Waals surface area contributed by atoms with Crippen LogP contribution < -0.4 is 0 Å². The van der Waals surface area contributed by atoms with E-state index in [4.69, 9.17) is 0 Å². The molecule has 4 nitrogen and oxygen atoms in total. The maximum Gasteiger partial charge on any atom is 0.258 e. The molecule has 2 aliphatic heterocycles. The number of carbonyl (C=O) groups excluding carboxylic acids is 2. The van der Waals surface area contributed by atoms with Crippen LogP contribution in [-0.4, -0.2) is 48.8 Å². The zero-order chi connectivity index (χ0) is 8.88. The SMILES string of the molecule is CN1CC2=C(C1)C(=O)N(C)C2=O. The van der Waals surface area contributed by atoms with Crippen molar-refractivity contribution in [1.29, 1.82) is 0 Å². The van der Waals surface area contributed by atoms with Crippen molar-refractivity contribution in [2.75, 3.05) is 27.2 Å². The zero-order valence-electron chi connectivity index (χ0n) is 7.13. The summed E-state index contributed by atoms with van der Waals surface area (Å²) in [6.45, 7) is 1.23. The maximum absolute atomic E-state index is 11.4. The summed E-state index contributed by atoms with van der Waals surface area (Å²) in [4.78, 5) is 25.9. The Labute approximate surface area is 70.4 Å². The molecule has 0 aromatic carbocycles. The van der Waals surface area contributed by atoms with Crippen LogP contribution in [0.1, 0.15) is 0 Å². The van der Waals surface area contributed by atoms with Crippen LogP contribution in [0, 0.1) is 0 Å². The number of imide groups is 1. The highest BCUT2D eigenvalue weighted by Gasteiger charge is 2.39. The molecule has 0 fully saturated rings. The Morgan fingerprint density at radius 2 is 1.42 bits per heavy atom. The second kappa shape index (κ2) is 2.17. The van der Waals surface area contributed by atoms with Crippen LogP contribution in [0.25, 0.3) is 0 Å². The summed E-state index contributed by atoms with van der Waals surface area (Å²) in [7, 11) is 3.43. The molecule has 0 N–H and O–H groups in total. The number of rotatable bonds is 0. The van der Waals surface area contributed by atoms with Crippen LogP contribution in [-0.2, 0) is 9.59 Å². The van der Waals surface area contributed by atoms with Gasteiger partial charge in [0.15, 0.2) is 0 Å². The molecule has 2 rings (SSSR count). The van der Waals surface area contributed by atoms with Crippen molar-refractivity contribution in [2.45, 2.75) is 0 Å². The molecule has 0 aliphatic carbocycles. The Bertz CT molecular complexity index is 278. The fourth-order valence-electron chi connectivity index (χ4n) is 1.68. The largest absolute Gasteiger partial charge is 0.297 e. The molecule has 0 bridgehead atoms. The van der Waals surface area contributed by atoms with E-state index in [2.05, 4.69) is 0 Å². The summed E-state index contributed by atoms with van der Waals surface area (Å²) in [5.74, 6) is -0.251. The van der Waals surface area contributed by atoms with Gasteiger partial charge in [-0.2, -0.15) is 0 Å². The minimum atomic E-state index is -0.126. The van der Waals surface area contributed by atoms with E-state index in [0.29, 0.717) is 24.2 Å². The average Bonchev–Trinajstić information content (AvgIpc) is 2.49. The highest BCUT2D eigenvalue weighted by atomic mass is 16.2. The Balaban J connectivity index is 2.38. The monoisotopic (exact) mass is 166 g/mol. The van der Waals surface area contributed by atoms with Gasteiger partial charge < -0.3 is 0 Å². The summed E-state index contributed by atoms with van der Waals surface area (Å²) in [6, 6.07) is 0. The van der Waals surface area contributed by atoms with Crippen molar-refractivity contribution in [3.05, 3.63) is 11.1 Å². The van der Waals surface area contributed by atoms with E-state index in [0.717, 1.165) is 0 Å². The molecule has 0 atom stereocenters. The van der Waals surface area contributed by atoms with Gasteiger partial charge in [-0.25, -0.2) is 0 Å². The first kappa shape index (κ1) is 7.49. The molecular formula is C8H10N2O2. The summed E-state index contributed by atoms with van der Waals surface area (Å²) in [5.41, 5.74) is 1.37. The van der Waals surface area contributed by atoms with Crippen molar-refractivity contribution < 1.29 is 9.59 Å². The van der Waals surface area contributed by atoms with Crippen molar-refractivity contribution in [2.24, 2.45) is 0 Å². The van der Waals surface area contributed by atoms with Crippen LogP contribution >= 0.6 is 0 Å². The number of nitrogens with zero attached hydrogens (tertiary/aromatic N) is 2. The third-order valence-electron chi connectivity index (χ3n) is 2.35. The van der Waals surface area contributed by atoms with Gasteiger partial charge in [0, 0.05) is 31.3 Å². The van der Waals surface area contributed by atoms with Crippen molar-refractivity contribution in [1.82, 2.24) is 9.80 Å². The van der Waals surface area contributed by atoms with E-state index in [9.17, 15) is 9.59 Å². The van der Waals surface area contributed by atoms with E-state index in [1.54, 1.807) is 0 Å². The lowest BCUT2D eigenvalue weighted by Gasteiger charge is -2.13. The van der Waals surface area contributed by atoms with E-state index >= 15 is 0 Å². The lowest BCUT2D eigenvalue weighted by Crippen LogP contribution is -2.32. The number of likely N-dealkylation sites (N-methyl/N-ethyl adjacent to an activating group) is 2. The van der Waals surface area contributed by atoms with Gasteiger partial charge >= 0.3 is 0 Å². The van der Waals surface area contributed by atoms with Crippen molar-refractivity contribution in [3.63, 3.8) is 0 Å². The van der Waals surface area contributed by atoms with Gasteiger partial charge in [0.25, 0.3) is 11.8 Å². The maximum atomic E-state index is 11.4. The van der Waals surface area contributed by atoms with Gasteiger partial charge in [0.1, 0.15) is 0 Å². The Morgan fingerprint density at radius 1 is 1.00 bits per heavy atom. The molecule has 2 aliphatic rings. The molecule has 0 saturated carbocycles. The van der Waals surface area contributed by atoms with Crippen molar-refractivity contribution >= 4 is 11.8 Å². The summed E-state index contributed by atoms with van der Waals surface area (Å²) in [5, 5.41) is 0. The van der Waals surface area contributed by atoms with E-state index in [1.165, 1.54) is 11.9 Å². The molecular weight excluding hydrogens is 156 g/mol. The molecule has 2 amide bonds. The Kier molecular flexibility index (Phi) is 1.35. The molecule has 4 heteroatoms. The quantitative estimate of drug-likeness (QED) is 0.443. The molecule has 0 aromatic heterocycles. The highest BCUT2D eigenvalue weighted by molar-refractivity contribution is 6.20. The Morgan fingerprint density at radius 3 is 1.83 bits per heavy atom. The molecule has 0 spiro atoms. The molecule has 64 valence electrons. The summed E-state index contributed by atoms with van der Waals surface area (Å²) < 4.78 is 0. The lowest BCUT2D eigenvalue weighted by atomic mass is 10.2. The molecule has 0 saturated heterocycles. The predicted octanol–water partition coefficient (Wildman–Crippen LogP) is -0.773. The van der Waals surface area contributed by atoms with Crippen LogP contribution in [0.2, 0.25) is 0 Å². The first-order valence-corrected chi connectivity index (χ1v) is 3.84. The topological polar surface area (TPSA) is 40.6 Å². The van der Waals surface area contributed by atoms with Crippen LogP contribution in [0.5, 0.6) is 0 Å². The highest BCUT2D eigenvalue weighted by Crippen LogP contribution is 2.25. The normalized spacial score (nSPS) is 24.3. The van der Waals surface area contributed by atoms with Crippen LogP contribution in [0.4, 0.5) is 0 Å². The predicted molar refractivity (Wildman–Crippen MR) is 42.3 cm³/mol. The van der Waals surface area contributed by atoms with E-state index in [-0.39, 0.29) is 11.8 Å². The van der Waals surface area contributed by atoms with Gasteiger partial charge in [-0.1, -0.05) is 0 Å². The molecule has 2 heterocycles. The summed E-state index contributed by atoms with van der Waals surface area (Å²) in [6.07, 6.45) is 0. The lowest BCUT2D eigenvalue weighted by molar-refractivity contribution is -0.136. The minimum Gasteiger partial charge on any atom is -0.297 e. The van der Waals surface area contributed by atoms with Crippen LogP contribution in [0.15, 0.2) is 11.1 Å². The number of carbonyl (C=O) groups is 2. The van der Waals surface area contributed by atoms with Gasteiger partial charge in [0.05, 0.1) is 0 Å². The van der Waals surface area contributed by atoms with Gasteiger partial charge in [-0.05, 0) is 7.05 Å². The molecule has 0 radical (unpaired) electrons. The summed E-state index contributed by atoms with van der Waals surface area (Å²) >= 11 is 0. The third-order valence-corrected chi connectivity index (χ3v) is 2.35. The smallest absolute Gasteiger partial charge is 0.258 e. The first-order valence-electron chi connectivity index (χ1n) is 3.84. The molecule has 0 aromatic rings. The number of hydrogen-bond donors (Lipinski definition) is 0. The number of amides is 2. The fourth-order valence-corrected chi connectivity index (χ4v) is 1.68. The second-order valence-corrected chi connectivity index (χ2v) is 3.30. The standard InChI is InChI=1S/C8H10N2O2/c1-9-3-5-6(4-9)8(12)10(2)7(5)11/h3-4H2,1-2H3. The van der Waals surface area contributed by atoms with E-state index in [1.807, 2.05) is 11.9 Å². The van der Waals surface area contributed by atoms with E-state index < -0.39 is 0 Å². The van der Waals surface area contributed by atoms with Crippen LogP contribution in [0.3, 0.4) is 0 Å². The zero-order valence-corrected chi connectivity index (χ0v) is 7.13. The van der Waals surface area contributed by atoms with Crippen molar-refractivity contribution in [3.8, 4) is 0 Å². The van der Waals surface area contributed by atoms with Gasteiger partial charge in [-0.15, -0.1) is 0 Å². The molecule has 12 heavy (non-hydrogen) atoms. The molecule has 0 unspecified atom stereocenters. The minimum absolute atomic E-state index is 0.126. The average molecular weight is 166 g/mol. The van der Waals surface area contributed by atoms with Gasteiger partial charge in [-0.3, -0.25) is 19.4 Å². The van der Waals surface area contributed by atoms with Gasteiger partial charge in [0.2, 0.25) is 0 Å². The Hall–Kier alpha value is -1.16.